The Morgan fingerprint density at radius 3 is 2.62 bits per heavy atom. The van der Waals surface area contributed by atoms with Crippen molar-refractivity contribution in [3.05, 3.63) is 42.2 Å². The monoisotopic (exact) mass is 402 g/mol. The van der Waals surface area contributed by atoms with E-state index in [9.17, 15) is 0 Å². The van der Waals surface area contributed by atoms with Crippen molar-refractivity contribution in [2.24, 2.45) is 19.1 Å². The number of halogens is 1. The number of guanidine groups is 1. The van der Waals surface area contributed by atoms with Crippen molar-refractivity contribution >= 4 is 29.9 Å². The van der Waals surface area contributed by atoms with Gasteiger partial charge in [-0.1, -0.05) is 0 Å². The van der Waals surface area contributed by atoms with Gasteiger partial charge in [0.25, 0.3) is 0 Å². The predicted octanol–water partition coefficient (Wildman–Crippen LogP) is 1.58. The second-order valence-corrected chi connectivity index (χ2v) is 4.82. The third-order valence-electron chi connectivity index (χ3n) is 3.35. The summed E-state index contributed by atoms with van der Waals surface area (Å²) in [6, 6.07) is 4.16. The summed E-state index contributed by atoms with van der Waals surface area (Å²) in [6.45, 7) is 1.47. The lowest BCUT2D eigenvalue weighted by Gasteiger charge is -2.22. The van der Waals surface area contributed by atoms with Crippen molar-refractivity contribution in [3.8, 4) is 0 Å². The molecule has 116 valence electrons. The van der Waals surface area contributed by atoms with E-state index >= 15 is 0 Å². The zero-order valence-electron chi connectivity index (χ0n) is 12.9. The number of aryl methyl sites for hydroxylation is 2. The summed E-state index contributed by atoms with van der Waals surface area (Å²) in [7, 11) is 7.86. The maximum Gasteiger partial charge on any atom is 0.194 e. The molecule has 0 aromatic carbocycles. The Morgan fingerprint density at radius 1 is 1.33 bits per heavy atom. The SMILES string of the molecule is CN=C(NCc1nccn1C)N(C)Cc1cccn1C.I. The van der Waals surface area contributed by atoms with Crippen LogP contribution in [0.25, 0.3) is 0 Å². The second kappa shape index (κ2) is 8.06. The van der Waals surface area contributed by atoms with Gasteiger partial charge in [-0.05, 0) is 12.1 Å². The lowest BCUT2D eigenvalue weighted by molar-refractivity contribution is 0.460. The molecule has 2 heterocycles. The molecule has 0 aliphatic carbocycles. The van der Waals surface area contributed by atoms with Gasteiger partial charge in [-0.2, -0.15) is 0 Å². The van der Waals surface area contributed by atoms with Crippen molar-refractivity contribution < 1.29 is 0 Å². The fourth-order valence-corrected chi connectivity index (χ4v) is 2.09. The average Bonchev–Trinajstić information content (AvgIpc) is 3.00. The fourth-order valence-electron chi connectivity index (χ4n) is 2.09. The molecule has 0 aliphatic rings. The first-order valence-corrected chi connectivity index (χ1v) is 6.60. The fraction of sp³-hybridized carbons (Fsp3) is 0.429. The number of hydrogen-bond donors (Lipinski definition) is 1. The van der Waals surface area contributed by atoms with Gasteiger partial charge in [-0.15, -0.1) is 24.0 Å². The van der Waals surface area contributed by atoms with Crippen molar-refractivity contribution in [1.82, 2.24) is 24.3 Å². The van der Waals surface area contributed by atoms with Gasteiger partial charge in [0.05, 0.1) is 13.1 Å². The molecular formula is C14H23IN6. The summed E-state index contributed by atoms with van der Waals surface area (Å²) < 4.78 is 4.11. The number of imidazole rings is 1. The van der Waals surface area contributed by atoms with E-state index in [4.69, 9.17) is 0 Å². The van der Waals surface area contributed by atoms with E-state index in [1.807, 2.05) is 44.2 Å². The molecule has 0 atom stereocenters. The van der Waals surface area contributed by atoms with E-state index in [1.54, 1.807) is 13.2 Å². The van der Waals surface area contributed by atoms with E-state index in [2.05, 4.69) is 30.8 Å². The Bertz CT molecular complexity index is 586. The van der Waals surface area contributed by atoms with E-state index in [1.165, 1.54) is 5.69 Å². The number of aromatic nitrogens is 3. The molecule has 0 saturated heterocycles. The van der Waals surface area contributed by atoms with Crippen LogP contribution in [0.1, 0.15) is 11.5 Å². The minimum Gasteiger partial charge on any atom is -0.353 e. The maximum atomic E-state index is 4.31. The smallest absolute Gasteiger partial charge is 0.194 e. The number of nitrogens with zero attached hydrogens (tertiary/aromatic N) is 5. The molecule has 0 amide bonds. The molecule has 0 fully saturated rings. The molecule has 0 aliphatic heterocycles. The van der Waals surface area contributed by atoms with E-state index in [0.717, 1.165) is 18.3 Å². The minimum absolute atomic E-state index is 0. The third-order valence-corrected chi connectivity index (χ3v) is 3.35. The first kappa shape index (κ1) is 17.5. The Kier molecular flexibility index (Phi) is 6.73. The first-order chi connectivity index (χ1) is 9.61. The first-order valence-electron chi connectivity index (χ1n) is 6.60. The molecule has 0 bridgehead atoms. The van der Waals surface area contributed by atoms with Crippen molar-refractivity contribution in [1.29, 1.82) is 0 Å². The quantitative estimate of drug-likeness (QED) is 0.480. The molecule has 1 N–H and O–H groups in total. The van der Waals surface area contributed by atoms with Crippen LogP contribution in [0.2, 0.25) is 0 Å². The van der Waals surface area contributed by atoms with Gasteiger partial charge in [0.2, 0.25) is 0 Å². The van der Waals surface area contributed by atoms with E-state index < -0.39 is 0 Å². The number of hydrogen-bond acceptors (Lipinski definition) is 2. The van der Waals surface area contributed by atoms with E-state index in [-0.39, 0.29) is 24.0 Å². The van der Waals surface area contributed by atoms with Crippen LogP contribution in [0, 0.1) is 0 Å². The summed E-state index contributed by atoms with van der Waals surface area (Å²) in [6.07, 6.45) is 5.79. The molecule has 0 unspecified atom stereocenters. The summed E-state index contributed by atoms with van der Waals surface area (Å²) in [5, 5.41) is 3.33. The standard InChI is InChI=1S/C14H22N6.HI/c1-15-14(17-10-13-16-7-9-19(13)3)20(4)11-12-6-5-8-18(12)2;/h5-9H,10-11H2,1-4H3,(H,15,17);1H. The maximum absolute atomic E-state index is 4.31. The Balaban J connectivity index is 0.00000220. The van der Waals surface area contributed by atoms with Crippen LogP contribution in [0.5, 0.6) is 0 Å². The lowest BCUT2D eigenvalue weighted by atomic mass is 10.4. The molecule has 0 radical (unpaired) electrons. The Morgan fingerprint density at radius 2 is 2.10 bits per heavy atom. The predicted molar refractivity (Wildman–Crippen MR) is 95.7 cm³/mol. The third kappa shape index (κ3) is 4.48. The number of nitrogens with one attached hydrogen (secondary N) is 1. The molecule has 6 nitrogen and oxygen atoms in total. The van der Waals surface area contributed by atoms with Crippen LogP contribution >= 0.6 is 24.0 Å². The average molecular weight is 402 g/mol. The molecule has 2 aromatic heterocycles. The molecule has 21 heavy (non-hydrogen) atoms. The highest BCUT2D eigenvalue weighted by Crippen LogP contribution is 2.04. The molecule has 7 heteroatoms. The highest BCUT2D eigenvalue weighted by Gasteiger charge is 2.09. The van der Waals surface area contributed by atoms with Crippen molar-refractivity contribution in [2.45, 2.75) is 13.1 Å². The van der Waals surface area contributed by atoms with Gasteiger partial charge in [0.15, 0.2) is 5.96 Å². The summed E-state index contributed by atoms with van der Waals surface area (Å²) >= 11 is 0. The Labute approximate surface area is 142 Å². The molecule has 0 saturated carbocycles. The zero-order chi connectivity index (χ0) is 14.5. The second-order valence-electron chi connectivity index (χ2n) is 4.82. The largest absolute Gasteiger partial charge is 0.353 e. The van der Waals surface area contributed by atoms with Gasteiger partial charge in [0.1, 0.15) is 5.82 Å². The van der Waals surface area contributed by atoms with E-state index in [0.29, 0.717) is 6.54 Å². The van der Waals surface area contributed by atoms with Crippen LogP contribution in [0.15, 0.2) is 35.7 Å². The van der Waals surface area contributed by atoms with Crippen LogP contribution < -0.4 is 5.32 Å². The van der Waals surface area contributed by atoms with Crippen LogP contribution in [-0.4, -0.2) is 39.1 Å². The molecule has 0 spiro atoms. The molecular weight excluding hydrogens is 379 g/mol. The Hall–Kier alpha value is -1.51. The van der Waals surface area contributed by atoms with Gasteiger partial charge >= 0.3 is 0 Å². The number of rotatable bonds is 4. The topological polar surface area (TPSA) is 50.4 Å². The van der Waals surface area contributed by atoms with Crippen molar-refractivity contribution in [3.63, 3.8) is 0 Å². The van der Waals surface area contributed by atoms with Gasteiger partial charge < -0.3 is 19.4 Å². The summed E-state index contributed by atoms with van der Waals surface area (Å²) in [5.41, 5.74) is 1.24. The normalized spacial score (nSPS) is 11.1. The van der Waals surface area contributed by atoms with Gasteiger partial charge in [-0.3, -0.25) is 4.99 Å². The van der Waals surface area contributed by atoms with Crippen LogP contribution in [-0.2, 0) is 27.2 Å². The highest BCUT2D eigenvalue weighted by molar-refractivity contribution is 14.0. The summed E-state index contributed by atoms with van der Waals surface area (Å²) in [4.78, 5) is 10.7. The zero-order valence-corrected chi connectivity index (χ0v) is 15.3. The van der Waals surface area contributed by atoms with Gasteiger partial charge in [0, 0.05) is 52.5 Å². The highest BCUT2D eigenvalue weighted by atomic mass is 127. The van der Waals surface area contributed by atoms with Gasteiger partial charge in [-0.25, -0.2) is 4.98 Å². The minimum atomic E-state index is 0. The van der Waals surface area contributed by atoms with Crippen LogP contribution in [0.4, 0.5) is 0 Å². The lowest BCUT2D eigenvalue weighted by Crippen LogP contribution is -2.38. The van der Waals surface area contributed by atoms with Crippen molar-refractivity contribution in [2.75, 3.05) is 14.1 Å². The summed E-state index contributed by atoms with van der Waals surface area (Å²) in [5.74, 6) is 1.84. The molecule has 2 rings (SSSR count). The number of aliphatic imine (C=N–C) groups is 1. The molecule has 2 aromatic rings. The van der Waals surface area contributed by atoms with Crippen LogP contribution in [0.3, 0.4) is 0 Å².